The van der Waals surface area contributed by atoms with E-state index in [0.717, 1.165) is 9.35 Å². The third kappa shape index (κ3) is 2.06. The van der Waals surface area contributed by atoms with E-state index in [-0.39, 0.29) is 0 Å². The second kappa shape index (κ2) is 4.02. The van der Waals surface area contributed by atoms with Crippen LogP contribution in [0.25, 0.3) is 0 Å². The largest absolute Gasteiger partial charge is 0.477 e. The second-order valence-corrected chi connectivity index (χ2v) is 4.11. The topological polar surface area (TPSA) is 46.5 Å². The molecule has 1 heterocycles. The van der Waals surface area contributed by atoms with Crippen LogP contribution in [0.5, 0.6) is 0 Å². The predicted octanol–water partition coefficient (Wildman–Crippen LogP) is 2.36. The first-order valence-electron chi connectivity index (χ1n) is 3.15. The SMILES string of the molecule is COCc1sc(C(=O)O)cc1Br. The van der Waals surface area contributed by atoms with Gasteiger partial charge in [-0.3, -0.25) is 0 Å². The standard InChI is InChI=1S/C7H7BrO3S/c1-11-3-6-4(8)2-5(12-6)7(9)10/h2H,3H2,1H3,(H,9,10). The lowest BCUT2D eigenvalue weighted by Gasteiger charge is -1.93. The van der Waals surface area contributed by atoms with E-state index in [9.17, 15) is 4.79 Å². The highest BCUT2D eigenvalue weighted by atomic mass is 79.9. The van der Waals surface area contributed by atoms with E-state index in [1.165, 1.54) is 11.3 Å². The van der Waals surface area contributed by atoms with E-state index < -0.39 is 5.97 Å². The van der Waals surface area contributed by atoms with E-state index >= 15 is 0 Å². The van der Waals surface area contributed by atoms with Crippen molar-refractivity contribution in [3.63, 3.8) is 0 Å². The molecule has 0 unspecified atom stereocenters. The van der Waals surface area contributed by atoms with Crippen LogP contribution in [-0.4, -0.2) is 18.2 Å². The van der Waals surface area contributed by atoms with Gasteiger partial charge in [-0.15, -0.1) is 11.3 Å². The summed E-state index contributed by atoms with van der Waals surface area (Å²) in [7, 11) is 1.58. The number of carbonyl (C=O) groups is 1. The molecule has 0 fully saturated rings. The summed E-state index contributed by atoms with van der Waals surface area (Å²) in [5.41, 5.74) is 0. The summed E-state index contributed by atoms with van der Waals surface area (Å²) in [6, 6.07) is 1.58. The van der Waals surface area contributed by atoms with Crippen molar-refractivity contribution < 1.29 is 14.6 Å². The molecule has 0 saturated carbocycles. The number of thiophene rings is 1. The molecule has 0 aliphatic rings. The van der Waals surface area contributed by atoms with Gasteiger partial charge in [0.25, 0.3) is 0 Å². The Morgan fingerprint density at radius 2 is 2.50 bits per heavy atom. The lowest BCUT2D eigenvalue weighted by molar-refractivity contribution is 0.0702. The molecule has 0 radical (unpaired) electrons. The van der Waals surface area contributed by atoms with Crippen molar-refractivity contribution in [1.29, 1.82) is 0 Å². The van der Waals surface area contributed by atoms with Crippen molar-refractivity contribution in [3.05, 3.63) is 20.3 Å². The Labute approximate surface area is 82.1 Å². The van der Waals surface area contributed by atoms with Crippen LogP contribution in [0.15, 0.2) is 10.5 Å². The summed E-state index contributed by atoms with van der Waals surface area (Å²) in [5, 5.41) is 8.64. The van der Waals surface area contributed by atoms with Crippen molar-refractivity contribution >= 4 is 33.2 Å². The number of halogens is 1. The molecule has 1 rings (SSSR count). The van der Waals surface area contributed by atoms with Gasteiger partial charge in [-0.1, -0.05) is 0 Å². The van der Waals surface area contributed by atoms with Crippen molar-refractivity contribution in [1.82, 2.24) is 0 Å². The smallest absolute Gasteiger partial charge is 0.345 e. The Bertz CT molecular complexity index is 295. The second-order valence-electron chi connectivity index (χ2n) is 2.12. The zero-order chi connectivity index (χ0) is 9.14. The molecule has 0 aliphatic heterocycles. The van der Waals surface area contributed by atoms with Gasteiger partial charge >= 0.3 is 5.97 Å². The van der Waals surface area contributed by atoms with E-state index in [2.05, 4.69) is 15.9 Å². The Balaban J connectivity index is 2.92. The molecular weight excluding hydrogens is 244 g/mol. The van der Waals surface area contributed by atoms with Gasteiger partial charge in [0.15, 0.2) is 0 Å². The maximum absolute atomic E-state index is 10.5. The number of methoxy groups -OCH3 is 1. The maximum atomic E-state index is 10.5. The predicted molar refractivity (Wildman–Crippen MR) is 49.7 cm³/mol. The Morgan fingerprint density at radius 1 is 1.83 bits per heavy atom. The number of ether oxygens (including phenoxy) is 1. The molecule has 0 aromatic carbocycles. The molecule has 1 aromatic rings. The molecule has 1 N–H and O–H groups in total. The highest BCUT2D eigenvalue weighted by Crippen LogP contribution is 2.27. The minimum atomic E-state index is -0.900. The lowest BCUT2D eigenvalue weighted by Crippen LogP contribution is -1.89. The molecule has 0 spiro atoms. The van der Waals surface area contributed by atoms with Crippen LogP contribution in [0.2, 0.25) is 0 Å². The fourth-order valence-electron chi connectivity index (χ4n) is 0.741. The fourth-order valence-corrected chi connectivity index (χ4v) is 2.34. The molecule has 0 bridgehead atoms. The van der Waals surface area contributed by atoms with Gasteiger partial charge in [0.05, 0.1) is 6.61 Å². The summed E-state index contributed by atoms with van der Waals surface area (Å²) in [6.45, 7) is 0.443. The normalized spacial score (nSPS) is 10.2. The van der Waals surface area contributed by atoms with Gasteiger partial charge in [-0.2, -0.15) is 0 Å². The summed E-state index contributed by atoms with van der Waals surface area (Å²) in [5.74, 6) is -0.900. The van der Waals surface area contributed by atoms with Gasteiger partial charge in [-0.05, 0) is 22.0 Å². The van der Waals surface area contributed by atoms with Crippen LogP contribution in [-0.2, 0) is 11.3 Å². The van der Waals surface area contributed by atoms with Crippen LogP contribution in [0, 0.1) is 0 Å². The summed E-state index contributed by atoms with van der Waals surface area (Å²) >= 11 is 4.47. The molecule has 0 atom stereocenters. The maximum Gasteiger partial charge on any atom is 0.345 e. The Hall–Kier alpha value is -0.390. The first-order chi connectivity index (χ1) is 5.65. The number of carboxylic acids is 1. The van der Waals surface area contributed by atoms with Crippen LogP contribution >= 0.6 is 27.3 Å². The first-order valence-corrected chi connectivity index (χ1v) is 4.76. The highest BCUT2D eigenvalue weighted by molar-refractivity contribution is 9.10. The van der Waals surface area contributed by atoms with Gasteiger partial charge < -0.3 is 9.84 Å². The van der Waals surface area contributed by atoms with Gasteiger partial charge in [0, 0.05) is 16.5 Å². The fraction of sp³-hybridized carbons (Fsp3) is 0.286. The summed E-state index contributed by atoms with van der Waals surface area (Å²) < 4.78 is 5.69. The van der Waals surface area contributed by atoms with Gasteiger partial charge in [0.1, 0.15) is 4.88 Å². The average Bonchev–Trinajstić information content (AvgIpc) is 2.34. The molecule has 1 aromatic heterocycles. The van der Waals surface area contributed by atoms with Crippen molar-refractivity contribution in [2.75, 3.05) is 7.11 Å². The Morgan fingerprint density at radius 3 is 2.92 bits per heavy atom. The van der Waals surface area contributed by atoms with Gasteiger partial charge in [0.2, 0.25) is 0 Å². The van der Waals surface area contributed by atoms with Crippen LogP contribution < -0.4 is 0 Å². The molecule has 12 heavy (non-hydrogen) atoms. The number of hydrogen-bond donors (Lipinski definition) is 1. The minimum Gasteiger partial charge on any atom is -0.477 e. The first kappa shape index (κ1) is 9.70. The van der Waals surface area contributed by atoms with Crippen molar-refractivity contribution in [2.45, 2.75) is 6.61 Å². The summed E-state index contributed by atoms with van der Waals surface area (Å²) in [6.07, 6.45) is 0. The number of aromatic carboxylic acids is 1. The van der Waals surface area contributed by atoms with Crippen molar-refractivity contribution in [3.8, 4) is 0 Å². The zero-order valence-electron chi connectivity index (χ0n) is 6.33. The van der Waals surface area contributed by atoms with Gasteiger partial charge in [-0.25, -0.2) is 4.79 Å². The number of carboxylic acid groups (broad SMARTS) is 1. The average molecular weight is 251 g/mol. The molecule has 0 aliphatic carbocycles. The zero-order valence-corrected chi connectivity index (χ0v) is 8.74. The third-order valence-corrected chi connectivity index (χ3v) is 3.31. The minimum absolute atomic E-state index is 0.328. The van der Waals surface area contributed by atoms with Crippen LogP contribution in [0.4, 0.5) is 0 Å². The molecule has 0 saturated heterocycles. The molecular formula is C7H7BrO3S. The Kier molecular flexibility index (Phi) is 3.25. The number of hydrogen-bond acceptors (Lipinski definition) is 3. The van der Waals surface area contributed by atoms with Crippen LogP contribution in [0.1, 0.15) is 14.5 Å². The van der Waals surface area contributed by atoms with E-state index in [4.69, 9.17) is 9.84 Å². The number of rotatable bonds is 3. The van der Waals surface area contributed by atoms with E-state index in [1.54, 1.807) is 13.2 Å². The molecule has 66 valence electrons. The monoisotopic (exact) mass is 250 g/mol. The lowest BCUT2D eigenvalue weighted by atomic mass is 10.4. The van der Waals surface area contributed by atoms with E-state index in [1.807, 2.05) is 0 Å². The molecule has 5 heteroatoms. The molecule has 0 amide bonds. The van der Waals surface area contributed by atoms with Crippen LogP contribution in [0.3, 0.4) is 0 Å². The van der Waals surface area contributed by atoms with Crippen molar-refractivity contribution in [2.24, 2.45) is 0 Å². The molecule has 3 nitrogen and oxygen atoms in total. The van der Waals surface area contributed by atoms with E-state index in [0.29, 0.717) is 11.5 Å². The third-order valence-electron chi connectivity index (χ3n) is 1.24. The quantitative estimate of drug-likeness (QED) is 0.896. The summed E-state index contributed by atoms with van der Waals surface area (Å²) in [4.78, 5) is 11.7. The highest BCUT2D eigenvalue weighted by Gasteiger charge is 2.11.